The maximum Gasteiger partial charge on any atom is 0.161 e. The summed E-state index contributed by atoms with van der Waals surface area (Å²) < 4.78 is 2.02. The summed E-state index contributed by atoms with van der Waals surface area (Å²) in [4.78, 5) is 8.81. The van der Waals surface area contributed by atoms with E-state index in [1.54, 1.807) is 12.3 Å². The lowest BCUT2D eigenvalue weighted by atomic mass is 10.1. The minimum Gasteiger partial charge on any atom is -0.316 e. The van der Waals surface area contributed by atoms with Gasteiger partial charge < -0.3 is 4.57 Å². The van der Waals surface area contributed by atoms with Crippen molar-refractivity contribution in [1.29, 1.82) is 0 Å². The van der Waals surface area contributed by atoms with Gasteiger partial charge in [0, 0.05) is 19.7 Å². The molecule has 3 nitrogen and oxygen atoms in total. The Balaban J connectivity index is 2.59. The Bertz CT molecular complexity index is 488. The average molecular weight is 224 g/mol. The van der Waals surface area contributed by atoms with Crippen LogP contribution in [0.4, 0.5) is 0 Å². The Morgan fingerprint density at radius 2 is 2.20 bits per heavy atom. The van der Waals surface area contributed by atoms with Crippen molar-refractivity contribution < 1.29 is 0 Å². The van der Waals surface area contributed by atoms with Gasteiger partial charge in [0.25, 0.3) is 0 Å². The molecule has 15 heavy (non-hydrogen) atoms. The van der Waals surface area contributed by atoms with Crippen molar-refractivity contribution in [3.05, 3.63) is 23.1 Å². The highest BCUT2D eigenvalue weighted by Crippen LogP contribution is 2.22. The van der Waals surface area contributed by atoms with E-state index in [4.69, 9.17) is 11.6 Å². The van der Waals surface area contributed by atoms with Gasteiger partial charge in [0.15, 0.2) is 5.65 Å². The number of rotatable bonds is 2. The van der Waals surface area contributed by atoms with E-state index in [0.717, 1.165) is 23.4 Å². The summed E-state index contributed by atoms with van der Waals surface area (Å²) >= 11 is 6.06. The van der Waals surface area contributed by atoms with E-state index >= 15 is 0 Å². The SMILES string of the molecule is CC(C)Cc1nc2c(Cl)ccnc2n1C. The molecule has 0 bridgehead atoms. The second kappa shape index (κ2) is 3.81. The molecular weight excluding hydrogens is 210 g/mol. The molecule has 4 heteroatoms. The van der Waals surface area contributed by atoms with E-state index in [1.165, 1.54) is 0 Å². The lowest BCUT2D eigenvalue weighted by molar-refractivity contribution is 0.605. The smallest absolute Gasteiger partial charge is 0.161 e. The molecule has 2 aromatic rings. The number of pyridine rings is 1. The van der Waals surface area contributed by atoms with Crippen LogP contribution in [0.3, 0.4) is 0 Å². The van der Waals surface area contributed by atoms with Crippen LogP contribution in [0.15, 0.2) is 12.3 Å². The van der Waals surface area contributed by atoms with Gasteiger partial charge in [-0.3, -0.25) is 0 Å². The van der Waals surface area contributed by atoms with Crippen molar-refractivity contribution in [3.63, 3.8) is 0 Å². The number of imidazole rings is 1. The molecule has 0 spiro atoms. The van der Waals surface area contributed by atoms with Crippen molar-refractivity contribution >= 4 is 22.8 Å². The topological polar surface area (TPSA) is 30.7 Å². The van der Waals surface area contributed by atoms with E-state index in [-0.39, 0.29) is 0 Å². The minimum absolute atomic E-state index is 0.583. The molecule has 0 saturated carbocycles. The van der Waals surface area contributed by atoms with E-state index in [1.807, 2.05) is 11.6 Å². The molecule has 0 aliphatic heterocycles. The summed E-state index contributed by atoms with van der Waals surface area (Å²) in [6.07, 6.45) is 2.66. The van der Waals surface area contributed by atoms with E-state index in [9.17, 15) is 0 Å². The molecule has 2 heterocycles. The van der Waals surface area contributed by atoms with Crippen molar-refractivity contribution in [3.8, 4) is 0 Å². The lowest BCUT2D eigenvalue weighted by Crippen LogP contribution is -2.02. The summed E-state index contributed by atoms with van der Waals surface area (Å²) in [5.74, 6) is 1.62. The number of aryl methyl sites for hydroxylation is 1. The Hall–Kier alpha value is -1.09. The van der Waals surface area contributed by atoms with E-state index in [2.05, 4.69) is 23.8 Å². The van der Waals surface area contributed by atoms with E-state index in [0.29, 0.717) is 10.9 Å². The van der Waals surface area contributed by atoms with Crippen LogP contribution in [-0.4, -0.2) is 14.5 Å². The third-order valence-corrected chi connectivity index (χ3v) is 2.70. The Kier molecular flexibility index (Phi) is 2.65. The third-order valence-electron chi connectivity index (χ3n) is 2.39. The van der Waals surface area contributed by atoms with Crippen LogP contribution in [0, 0.1) is 5.92 Å². The predicted octanol–water partition coefficient (Wildman–Crippen LogP) is 2.82. The van der Waals surface area contributed by atoms with Gasteiger partial charge in [-0.05, 0) is 12.0 Å². The highest BCUT2D eigenvalue weighted by Gasteiger charge is 2.11. The number of hydrogen-bond acceptors (Lipinski definition) is 2. The molecule has 2 rings (SSSR count). The van der Waals surface area contributed by atoms with E-state index < -0.39 is 0 Å². The Labute approximate surface area is 94.1 Å². The van der Waals surface area contributed by atoms with Gasteiger partial charge in [-0.1, -0.05) is 25.4 Å². The van der Waals surface area contributed by atoms with Crippen molar-refractivity contribution in [2.24, 2.45) is 13.0 Å². The van der Waals surface area contributed by atoms with Gasteiger partial charge in [-0.15, -0.1) is 0 Å². The normalized spacial score (nSPS) is 11.5. The number of halogens is 1. The number of aromatic nitrogens is 3. The number of nitrogens with zero attached hydrogens (tertiary/aromatic N) is 3. The molecule has 0 fully saturated rings. The average Bonchev–Trinajstić information content (AvgIpc) is 2.46. The monoisotopic (exact) mass is 223 g/mol. The first-order valence-electron chi connectivity index (χ1n) is 5.05. The molecule has 0 amide bonds. The molecule has 0 unspecified atom stereocenters. The highest BCUT2D eigenvalue weighted by atomic mass is 35.5. The van der Waals surface area contributed by atoms with Gasteiger partial charge in [-0.25, -0.2) is 9.97 Å². The first kappa shape index (κ1) is 10.4. The van der Waals surface area contributed by atoms with Crippen LogP contribution >= 0.6 is 11.6 Å². The van der Waals surface area contributed by atoms with Crippen LogP contribution in [-0.2, 0) is 13.5 Å². The fourth-order valence-corrected chi connectivity index (χ4v) is 1.83. The zero-order chi connectivity index (χ0) is 11.0. The standard InChI is InChI=1S/C11H14ClN3/c1-7(2)6-9-14-10-8(12)4-5-13-11(10)15(9)3/h4-5,7H,6H2,1-3H3. The summed E-state index contributed by atoms with van der Waals surface area (Å²) in [5.41, 5.74) is 1.66. The fraction of sp³-hybridized carbons (Fsp3) is 0.455. The second-order valence-corrected chi connectivity index (χ2v) is 4.56. The van der Waals surface area contributed by atoms with Crippen molar-refractivity contribution in [1.82, 2.24) is 14.5 Å². The summed E-state index contributed by atoms with van der Waals surface area (Å²) in [5, 5.41) is 0.672. The summed E-state index contributed by atoms with van der Waals surface area (Å²) in [6, 6.07) is 1.77. The Morgan fingerprint density at radius 1 is 1.47 bits per heavy atom. The molecule has 0 aliphatic carbocycles. The minimum atomic E-state index is 0.583. The number of hydrogen-bond donors (Lipinski definition) is 0. The maximum atomic E-state index is 6.06. The van der Waals surface area contributed by atoms with Crippen LogP contribution in [0.2, 0.25) is 5.02 Å². The second-order valence-electron chi connectivity index (χ2n) is 4.15. The van der Waals surface area contributed by atoms with Crippen LogP contribution in [0.5, 0.6) is 0 Å². The maximum absolute atomic E-state index is 6.06. The third kappa shape index (κ3) is 1.84. The summed E-state index contributed by atoms with van der Waals surface area (Å²) in [7, 11) is 1.98. The first-order valence-corrected chi connectivity index (χ1v) is 5.43. The summed E-state index contributed by atoms with van der Waals surface area (Å²) in [6.45, 7) is 4.35. The first-order chi connectivity index (χ1) is 7.09. The predicted molar refractivity (Wildman–Crippen MR) is 62.1 cm³/mol. The van der Waals surface area contributed by atoms with Gasteiger partial charge in [0.05, 0.1) is 5.02 Å². The van der Waals surface area contributed by atoms with Crippen LogP contribution in [0.1, 0.15) is 19.7 Å². The molecule has 0 aliphatic rings. The quantitative estimate of drug-likeness (QED) is 0.784. The van der Waals surface area contributed by atoms with Crippen LogP contribution in [0.25, 0.3) is 11.2 Å². The fourth-order valence-electron chi connectivity index (χ4n) is 1.64. The molecule has 0 radical (unpaired) electrons. The van der Waals surface area contributed by atoms with Gasteiger partial charge in [0.2, 0.25) is 0 Å². The molecule has 0 atom stereocenters. The molecular formula is C11H14ClN3. The van der Waals surface area contributed by atoms with Crippen LogP contribution < -0.4 is 0 Å². The molecule has 0 N–H and O–H groups in total. The number of fused-ring (bicyclic) bond motifs is 1. The van der Waals surface area contributed by atoms with Gasteiger partial charge in [-0.2, -0.15) is 0 Å². The van der Waals surface area contributed by atoms with Crippen molar-refractivity contribution in [2.45, 2.75) is 20.3 Å². The van der Waals surface area contributed by atoms with Gasteiger partial charge >= 0.3 is 0 Å². The molecule has 80 valence electrons. The largest absolute Gasteiger partial charge is 0.316 e. The molecule has 0 saturated heterocycles. The zero-order valence-electron chi connectivity index (χ0n) is 9.16. The highest BCUT2D eigenvalue weighted by molar-refractivity contribution is 6.34. The molecule has 0 aromatic carbocycles. The Morgan fingerprint density at radius 3 is 2.80 bits per heavy atom. The zero-order valence-corrected chi connectivity index (χ0v) is 9.91. The lowest BCUT2D eigenvalue weighted by Gasteiger charge is -2.03. The molecule has 2 aromatic heterocycles. The van der Waals surface area contributed by atoms with Crippen molar-refractivity contribution in [2.75, 3.05) is 0 Å². The van der Waals surface area contributed by atoms with Gasteiger partial charge in [0.1, 0.15) is 11.3 Å².